The van der Waals surface area contributed by atoms with Crippen LogP contribution in [0.15, 0.2) is 18.2 Å². The standard InChI is InChI=1S/C18H28ClN3O3S/c1-14-6-7-15(19)13-17(14)22(26(3,24)25)10-4-5-18(23)20-16-8-11-21(2)12-9-16/h6-7,13,16H,4-5,8-12H2,1-3H3,(H,20,23). The van der Waals surface area contributed by atoms with Gasteiger partial charge in [0.25, 0.3) is 0 Å². The monoisotopic (exact) mass is 401 g/mol. The van der Waals surface area contributed by atoms with Gasteiger partial charge in [0.1, 0.15) is 0 Å². The summed E-state index contributed by atoms with van der Waals surface area (Å²) in [6, 6.07) is 5.40. The van der Waals surface area contributed by atoms with Gasteiger partial charge >= 0.3 is 0 Å². The van der Waals surface area contributed by atoms with Crippen molar-refractivity contribution in [2.45, 2.75) is 38.6 Å². The lowest BCUT2D eigenvalue weighted by molar-refractivity contribution is -0.122. The number of halogens is 1. The number of carbonyl (C=O) groups excluding carboxylic acids is 1. The number of benzene rings is 1. The minimum absolute atomic E-state index is 0.0178. The second-order valence-electron chi connectivity index (χ2n) is 7.01. The Morgan fingerprint density at radius 2 is 2.00 bits per heavy atom. The van der Waals surface area contributed by atoms with Crippen LogP contribution in [0.4, 0.5) is 5.69 Å². The van der Waals surface area contributed by atoms with Crippen LogP contribution in [-0.4, -0.2) is 58.2 Å². The van der Waals surface area contributed by atoms with E-state index in [0.717, 1.165) is 31.5 Å². The van der Waals surface area contributed by atoms with Crippen LogP contribution in [-0.2, 0) is 14.8 Å². The first kappa shape index (κ1) is 21.0. The van der Waals surface area contributed by atoms with Gasteiger partial charge in [-0.15, -0.1) is 0 Å². The maximum absolute atomic E-state index is 12.2. The second kappa shape index (κ2) is 9.06. The molecular weight excluding hydrogens is 374 g/mol. The molecule has 1 aliphatic rings. The van der Waals surface area contributed by atoms with E-state index in [9.17, 15) is 13.2 Å². The van der Waals surface area contributed by atoms with Crippen LogP contribution in [0.2, 0.25) is 5.02 Å². The van der Waals surface area contributed by atoms with Gasteiger partial charge in [-0.25, -0.2) is 8.42 Å². The number of amides is 1. The van der Waals surface area contributed by atoms with Crippen molar-refractivity contribution in [1.82, 2.24) is 10.2 Å². The Kier molecular flexibility index (Phi) is 7.32. The third-order valence-corrected chi connectivity index (χ3v) is 6.10. The van der Waals surface area contributed by atoms with Gasteiger partial charge in [0.2, 0.25) is 15.9 Å². The van der Waals surface area contributed by atoms with E-state index in [2.05, 4.69) is 17.3 Å². The fraction of sp³-hybridized carbons (Fsp3) is 0.611. The summed E-state index contributed by atoms with van der Waals surface area (Å²) in [7, 11) is -1.37. The van der Waals surface area contributed by atoms with Crippen LogP contribution in [0.25, 0.3) is 0 Å². The number of nitrogens with zero attached hydrogens (tertiary/aromatic N) is 2. The van der Waals surface area contributed by atoms with Crippen LogP contribution in [0.5, 0.6) is 0 Å². The van der Waals surface area contributed by atoms with Crippen molar-refractivity contribution in [1.29, 1.82) is 0 Å². The van der Waals surface area contributed by atoms with E-state index in [-0.39, 0.29) is 18.5 Å². The second-order valence-corrected chi connectivity index (χ2v) is 9.36. The molecule has 1 aromatic carbocycles. The van der Waals surface area contributed by atoms with Crippen LogP contribution in [0, 0.1) is 6.92 Å². The van der Waals surface area contributed by atoms with Gasteiger partial charge < -0.3 is 10.2 Å². The SMILES string of the molecule is Cc1ccc(Cl)cc1N(CCCC(=O)NC1CCN(C)CC1)S(C)(=O)=O. The lowest BCUT2D eigenvalue weighted by atomic mass is 10.1. The minimum atomic E-state index is -3.45. The highest BCUT2D eigenvalue weighted by atomic mass is 35.5. The van der Waals surface area contributed by atoms with Crippen molar-refractivity contribution in [3.63, 3.8) is 0 Å². The smallest absolute Gasteiger partial charge is 0.232 e. The van der Waals surface area contributed by atoms with E-state index in [1.54, 1.807) is 18.2 Å². The summed E-state index contributed by atoms with van der Waals surface area (Å²) in [5.74, 6) is -0.0178. The molecular formula is C18H28ClN3O3S. The lowest BCUT2D eigenvalue weighted by Crippen LogP contribution is -2.43. The molecule has 1 aliphatic heterocycles. The topological polar surface area (TPSA) is 69.7 Å². The van der Waals surface area contributed by atoms with Crippen molar-refractivity contribution >= 4 is 33.2 Å². The Bertz CT molecular complexity index is 731. The highest BCUT2D eigenvalue weighted by Crippen LogP contribution is 2.26. The molecule has 0 bridgehead atoms. The van der Waals surface area contributed by atoms with Crippen molar-refractivity contribution in [2.75, 3.05) is 37.2 Å². The molecule has 1 heterocycles. The Morgan fingerprint density at radius 3 is 2.62 bits per heavy atom. The van der Waals surface area contributed by atoms with Crippen molar-refractivity contribution in [2.24, 2.45) is 0 Å². The molecule has 0 aromatic heterocycles. The van der Waals surface area contributed by atoms with E-state index in [1.807, 2.05) is 6.92 Å². The molecule has 0 unspecified atom stereocenters. The van der Waals surface area contributed by atoms with Crippen LogP contribution in [0.3, 0.4) is 0 Å². The van der Waals surface area contributed by atoms with E-state index in [1.165, 1.54) is 10.6 Å². The zero-order valence-corrected chi connectivity index (χ0v) is 17.2. The first-order valence-corrected chi connectivity index (χ1v) is 11.1. The molecule has 0 saturated carbocycles. The molecule has 1 aromatic rings. The molecule has 1 N–H and O–H groups in total. The quantitative estimate of drug-likeness (QED) is 0.761. The number of nitrogens with one attached hydrogen (secondary N) is 1. The Labute approximate surface area is 161 Å². The summed E-state index contributed by atoms with van der Waals surface area (Å²) in [4.78, 5) is 14.4. The highest BCUT2D eigenvalue weighted by Gasteiger charge is 2.21. The summed E-state index contributed by atoms with van der Waals surface area (Å²) < 4.78 is 25.7. The number of carbonyl (C=O) groups is 1. The van der Waals surface area contributed by atoms with Gasteiger partial charge in [0, 0.05) is 24.0 Å². The number of sulfonamides is 1. The average molecular weight is 402 g/mol. The van der Waals surface area contributed by atoms with Crippen LogP contribution in [0.1, 0.15) is 31.2 Å². The summed E-state index contributed by atoms with van der Waals surface area (Å²) >= 11 is 6.03. The van der Waals surface area contributed by atoms with Crippen LogP contribution < -0.4 is 9.62 Å². The number of piperidine rings is 1. The van der Waals surface area contributed by atoms with Gasteiger partial charge in [-0.1, -0.05) is 17.7 Å². The molecule has 1 amide bonds. The van der Waals surface area contributed by atoms with E-state index in [0.29, 0.717) is 23.6 Å². The molecule has 0 radical (unpaired) electrons. The number of rotatable bonds is 7. The molecule has 2 rings (SSSR count). The van der Waals surface area contributed by atoms with Crippen molar-refractivity contribution in [3.05, 3.63) is 28.8 Å². The first-order valence-electron chi connectivity index (χ1n) is 8.88. The number of hydrogen-bond donors (Lipinski definition) is 1. The van der Waals surface area contributed by atoms with E-state index in [4.69, 9.17) is 11.6 Å². The summed E-state index contributed by atoms with van der Waals surface area (Å²) in [6.07, 6.45) is 3.85. The van der Waals surface area contributed by atoms with Crippen LogP contribution >= 0.6 is 11.6 Å². The Morgan fingerprint density at radius 1 is 1.35 bits per heavy atom. The minimum Gasteiger partial charge on any atom is -0.353 e. The van der Waals surface area contributed by atoms with Crippen molar-refractivity contribution < 1.29 is 13.2 Å². The summed E-state index contributed by atoms with van der Waals surface area (Å²) in [5, 5.41) is 3.54. The fourth-order valence-electron chi connectivity index (χ4n) is 3.15. The number of anilines is 1. The Hall–Kier alpha value is -1.31. The zero-order valence-electron chi connectivity index (χ0n) is 15.7. The van der Waals surface area contributed by atoms with Gasteiger partial charge in [0.15, 0.2) is 0 Å². The largest absolute Gasteiger partial charge is 0.353 e. The predicted molar refractivity (Wildman–Crippen MR) is 106 cm³/mol. The fourth-order valence-corrected chi connectivity index (χ4v) is 4.33. The molecule has 146 valence electrons. The molecule has 0 aliphatic carbocycles. The lowest BCUT2D eigenvalue weighted by Gasteiger charge is -2.29. The van der Waals surface area contributed by atoms with Gasteiger partial charge in [0.05, 0.1) is 11.9 Å². The molecule has 0 spiro atoms. The molecule has 8 heteroatoms. The average Bonchev–Trinajstić information content (AvgIpc) is 2.55. The maximum Gasteiger partial charge on any atom is 0.232 e. The maximum atomic E-state index is 12.2. The van der Waals surface area contributed by atoms with Gasteiger partial charge in [-0.05, 0) is 64.0 Å². The van der Waals surface area contributed by atoms with E-state index >= 15 is 0 Å². The van der Waals surface area contributed by atoms with Crippen molar-refractivity contribution in [3.8, 4) is 0 Å². The van der Waals surface area contributed by atoms with Gasteiger partial charge in [-0.3, -0.25) is 9.10 Å². The summed E-state index contributed by atoms with van der Waals surface area (Å²) in [6.45, 7) is 4.07. The number of hydrogen-bond acceptors (Lipinski definition) is 4. The Balaban J connectivity index is 1.92. The zero-order chi connectivity index (χ0) is 19.3. The predicted octanol–water partition coefficient (Wildman–Crippen LogP) is 2.41. The molecule has 6 nitrogen and oxygen atoms in total. The highest BCUT2D eigenvalue weighted by molar-refractivity contribution is 7.92. The molecule has 0 atom stereocenters. The third kappa shape index (κ3) is 6.14. The molecule has 1 saturated heterocycles. The number of likely N-dealkylation sites (tertiary alicyclic amines) is 1. The molecule has 26 heavy (non-hydrogen) atoms. The third-order valence-electron chi connectivity index (χ3n) is 4.69. The first-order chi connectivity index (χ1) is 12.2. The normalized spacial score (nSPS) is 16.5. The van der Waals surface area contributed by atoms with E-state index < -0.39 is 10.0 Å². The molecule has 1 fully saturated rings. The van der Waals surface area contributed by atoms with Gasteiger partial charge in [-0.2, -0.15) is 0 Å². The number of aryl methyl sites for hydroxylation is 1. The summed E-state index contributed by atoms with van der Waals surface area (Å²) in [5.41, 5.74) is 1.39.